The fourth-order valence-corrected chi connectivity index (χ4v) is 5.56. The number of hydrogen-bond acceptors (Lipinski definition) is 6. The summed E-state index contributed by atoms with van der Waals surface area (Å²) in [7, 11) is 3.60. The summed E-state index contributed by atoms with van der Waals surface area (Å²) in [5.41, 5.74) is 1.64. The van der Waals surface area contributed by atoms with E-state index in [1.165, 1.54) is 23.9 Å². The molecule has 30 heavy (non-hydrogen) atoms. The van der Waals surface area contributed by atoms with Crippen LogP contribution >= 0.6 is 23.5 Å². The van der Waals surface area contributed by atoms with Crippen LogP contribution in [0.5, 0.6) is 5.75 Å². The largest absolute Gasteiger partial charge is 0.497 e. The van der Waals surface area contributed by atoms with Crippen LogP contribution in [0.25, 0.3) is 0 Å². The fourth-order valence-electron chi connectivity index (χ4n) is 3.21. The lowest BCUT2D eigenvalue weighted by Crippen LogP contribution is -2.30. The number of thioether (sulfide) groups is 2. The highest BCUT2D eigenvalue weighted by Gasteiger charge is 2.39. The van der Waals surface area contributed by atoms with Crippen molar-refractivity contribution in [3.8, 4) is 5.75 Å². The van der Waals surface area contributed by atoms with Crippen molar-refractivity contribution in [3.63, 3.8) is 0 Å². The van der Waals surface area contributed by atoms with Gasteiger partial charge in [0.1, 0.15) is 16.5 Å². The molecule has 0 aliphatic carbocycles. The molecule has 2 aliphatic heterocycles. The molecule has 1 amide bonds. The number of rotatable bonds is 5. The first kappa shape index (κ1) is 20.8. The van der Waals surface area contributed by atoms with Crippen molar-refractivity contribution in [2.24, 2.45) is 4.99 Å². The zero-order valence-corrected chi connectivity index (χ0v) is 18.6. The minimum atomic E-state index is -0.308. The zero-order valence-electron chi connectivity index (χ0n) is 17.0. The Morgan fingerprint density at radius 3 is 2.60 bits per heavy atom. The highest BCUT2D eigenvalue weighted by atomic mass is 32.2. The highest BCUT2D eigenvalue weighted by Crippen LogP contribution is 2.51. The van der Waals surface area contributed by atoms with Gasteiger partial charge in [-0.1, -0.05) is 25.1 Å². The average Bonchev–Trinajstić information content (AvgIpc) is 3.24. The minimum absolute atomic E-state index is 0.0385. The number of carbonyl (C=O) groups excluding carboxylic acids is 1. The number of ether oxygens (including phenoxy) is 1. The van der Waals surface area contributed by atoms with Gasteiger partial charge in [-0.2, -0.15) is 0 Å². The molecule has 2 aromatic rings. The fraction of sp³-hybridized carbons (Fsp3) is 0.273. The second-order valence-corrected chi connectivity index (χ2v) is 8.92. The molecule has 0 spiro atoms. The molecule has 0 saturated carbocycles. The van der Waals surface area contributed by atoms with E-state index < -0.39 is 0 Å². The van der Waals surface area contributed by atoms with E-state index in [0.29, 0.717) is 22.3 Å². The molecule has 0 unspecified atom stereocenters. The second kappa shape index (κ2) is 8.73. The van der Waals surface area contributed by atoms with E-state index in [2.05, 4.69) is 11.9 Å². The molecule has 0 N–H and O–H groups in total. The number of halogens is 1. The van der Waals surface area contributed by atoms with Gasteiger partial charge in [-0.05, 0) is 54.6 Å². The van der Waals surface area contributed by atoms with E-state index in [-0.39, 0.29) is 11.7 Å². The van der Waals surface area contributed by atoms with E-state index >= 15 is 0 Å². The summed E-state index contributed by atoms with van der Waals surface area (Å²) in [4.78, 5) is 23.5. The van der Waals surface area contributed by atoms with Gasteiger partial charge in [-0.3, -0.25) is 9.69 Å². The first-order valence-corrected chi connectivity index (χ1v) is 11.3. The van der Waals surface area contributed by atoms with Crippen LogP contribution in [0.1, 0.15) is 19.8 Å². The van der Waals surface area contributed by atoms with E-state index in [4.69, 9.17) is 4.74 Å². The maximum atomic E-state index is 13.3. The molecule has 0 radical (unpaired) electrons. The number of benzene rings is 2. The Bertz CT molecular complexity index is 1040. The number of unbranched alkanes of at least 4 members (excludes halogenated alkanes) is 1. The van der Waals surface area contributed by atoms with E-state index in [0.717, 1.165) is 34.2 Å². The van der Waals surface area contributed by atoms with E-state index in [1.54, 1.807) is 35.9 Å². The standard InChI is InChI=1S/C22H22FN3O2S2/c1-4-5-12-26-20(27)19(30-22(26)24-15-8-6-14(23)7-9-15)21-25(2)17-13-16(28-3)10-11-18(17)29-21/h6-11,13H,4-5,12H2,1-3H3. The molecule has 1 fully saturated rings. The third kappa shape index (κ3) is 3.94. The van der Waals surface area contributed by atoms with Crippen LogP contribution in [-0.2, 0) is 4.79 Å². The van der Waals surface area contributed by atoms with Gasteiger partial charge >= 0.3 is 0 Å². The molecule has 2 aliphatic rings. The lowest BCUT2D eigenvalue weighted by atomic mass is 10.3. The van der Waals surface area contributed by atoms with Crippen LogP contribution < -0.4 is 9.64 Å². The van der Waals surface area contributed by atoms with Gasteiger partial charge in [0.2, 0.25) is 0 Å². The normalized spacial score (nSPS) is 19.7. The van der Waals surface area contributed by atoms with Gasteiger partial charge in [0.25, 0.3) is 5.91 Å². The predicted molar refractivity (Wildman–Crippen MR) is 122 cm³/mol. The Hall–Kier alpha value is -2.45. The summed E-state index contributed by atoms with van der Waals surface area (Å²) in [6, 6.07) is 11.9. The highest BCUT2D eigenvalue weighted by molar-refractivity contribution is 8.19. The van der Waals surface area contributed by atoms with Crippen LogP contribution in [-0.4, -0.2) is 36.7 Å². The minimum Gasteiger partial charge on any atom is -0.497 e. The van der Waals surface area contributed by atoms with Crippen molar-refractivity contribution in [2.75, 3.05) is 25.6 Å². The average molecular weight is 444 g/mol. The first-order valence-electron chi connectivity index (χ1n) is 9.69. The van der Waals surface area contributed by atoms with Gasteiger partial charge in [-0.15, -0.1) is 0 Å². The SMILES string of the molecule is CCCCN1C(=O)C(=C2Sc3ccc(OC)cc3N2C)SC1=Nc1ccc(F)cc1. The number of amidine groups is 1. The molecule has 8 heteroatoms. The summed E-state index contributed by atoms with van der Waals surface area (Å²) < 4.78 is 18.6. The van der Waals surface area contributed by atoms with Crippen LogP contribution in [0.15, 0.2) is 62.3 Å². The Kier molecular flexibility index (Phi) is 6.06. The molecule has 0 atom stereocenters. The predicted octanol–water partition coefficient (Wildman–Crippen LogP) is 5.61. The van der Waals surface area contributed by atoms with Crippen molar-refractivity contribution in [1.82, 2.24) is 4.90 Å². The molecular weight excluding hydrogens is 421 g/mol. The lowest BCUT2D eigenvalue weighted by Gasteiger charge is -2.16. The molecular formula is C22H22FN3O2S2. The lowest BCUT2D eigenvalue weighted by molar-refractivity contribution is -0.122. The van der Waals surface area contributed by atoms with Crippen LogP contribution in [0.2, 0.25) is 0 Å². The Labute approximate surface area is 184 Å². The number of anilines is 1. The monoisotopic (exact) mass is 443 g/mol. The number of hydrogen-bond donors (Lipinski definition) is 0. The zero-order chi connectivity index (χ0) is 21.3. The summed E-state index contributed by atoms with van der Waals surface area (Å²) in [5, 5.41) is 1.52. The number of carbonyl (C=O) groups is 1. The number of methoxy groups -OCH3 is 1. The van der Waals surface area contributed by atoms with Gasteiger partial charge in [0.15, 0.2) is 5.17 Å². The molecule has 4 rings (SSSR count). The van der Waals surface area contributed by atoms with Crippen molar-refractivity contribution >= 4 is 46.0 Å². The Morgan fingerprint density at radius 2 is 1.90 bits per heavy atom. The first-order chi connectivity index (χ1) is 14.5. The summed E-state index contributed by atoms with van der Waals surface area (Å²) in [5.74, 6) is 0.432. The van der Waals surface area contributed by atoms with Crippen LogP contribution in [0, 0.1) is 5.82 Å². The van der Waals surface area contributed by atoms with Gasteiger partial charge in [0, 0.05) is 24.6 Å². The molecule has 5 nitrogen and oxygen atoms in total. The van der Waals surface area contributed by atoms with E-state index in [1.807, 2.05) is 30.1 Å². The molecule has 2 aromatic carbocycles. The number of amides is 1. The second-order valence-electron chi connectivity index (χ2n) is 6.91. The van der Waals surface area contributed by atoms with E-state index in [9.17, 15) is 9.18 Å². The number of fused-ring (bicyclic) bond motifs is 1. The van der Waals surface area contributed by atoms with Gasteiger partial charge in [-0.25, -0.2) is 9.38 Å². The van der Waals surface area contributed by atoms with Crippen molar-refractivity contribution in [2.45, 2.75) is 24.7 Å². The van der Waals surface area contributed by atoms with Crippen LogP contribution in [0.4, 0.5) is 15.8 Å². The van der Waals surface area contributed by atoms with Gasteiger partial charge < -0.3 is 9.64 Å². The number of aliphatic imine (C=N–C) groups is 1. The van der Waals surface area contributed by atoms with Crippen LogP contribution in [0.3, 0.4) is 0 Å². The maximum absolute atomic E-state index is 13.3. The summed E-state index contributed by atoms with van der Waals surface area (Å²) >= 11 is 2.95. The van der Waals surface area contributed by atoms with Gasteiger partial charge in [0.05, 0.1) is 23.5 Å². The quantitative estimate of drug-likeness (QED) is 0.562. The molecule has 0 bridgehead atoms. The molecule has 2 heterocycles. The Balaban J connectivity index is 1.70. The third-order valence-corrected chi connectivity index (χ3v) is 7.32. The van der Waals surface area contributed by atoms with Crippen molar-refractivity contribution in [3.05, 3.63) is 58.2 Å². The number of nitrogens with zero attached hydrogens (tertiary/aromatic N) is 3. The smallest absolute Gasteiger partial charge is 0.269 e. The third-order valence-electron chi connectivity index (χ3n) is 4.88. The summed E-state index contributed by atoms with van der Waals surface area (Å²) in [6.07, 6.45) is 1.86. The molecule has 156 valence electrons. The maximum Gasteiger partial charge on any atom is 0.269 e. The van der Waals surface area contributed by atoms with Crippen molar-refractivity contribution in [1.29, 1.82) is 0 Å². The Morgan fingerprint density at radius 1 is 1.13 bits per heavy atom. The topological polar surface area (TPSA) is 45.1 Å². The molecule has 1 saturated heterocycles. The summed E-state index contributed by atoms with van der Waals surface area (Å²) in [6.45, 7) is 2.70. The van der Waals surface area contributed by atoms with Crippen molar-refractivity contribution < 1.29 is 13.9 Å². The molecule has 0 aromatic heterocycles.